The minimum atomic E-state index is -0.653. The molecule has 1 saturated heterocycles. The molecule has 0 unspecified atom stereocenters. The van der Waals surface area contributed by atoms with Crippen LogP contribution in [0.2, 0.25) is 0 Å². The number of ether oxygens (including phenoxy) is 1. The van der Waals surface area contributed by atoms with Crippen LogP contribution in [-0.4, -0.2) is 74.1 Å². The Balaban J connectivity index is 1.24. The minimum absolute atomic E-state index is 0.00690. The normalized spacial score (nSPS) is 18.9. The summed E-state index contributed by atoms with van der Waals surface area (Å²) in [7, 11) is 0. The second kappa shape index (κ2) is 11.5. The number of amides is 1. The number of hydrogen-bond acceptors (Lipinski definition) is 12. The Hall–Kier alpha value is -4.86. The van der Waals surface area contributed by atoms with Gasteiger partial charge in [-0.15, -0.1) is 11.3 Å². The van der Waals surface area contributed by atoms with E-state index in [2.05, 4.69) is 30.5 Å². The molecule has 2 aliphatic rings. The molecule has 46 heavy (non-hydrogen) atoms. The maximum absolute atomic E-state index is 13.1. The zero-order chi connectivity index (χ0) is 31.4. The molecular weight excluding hydrogens is 608 g/mol. The zero-order valence-corrected chi connectivity index (χ0v) is 25.7. The Labute approximate surface area is 265 Å². The molecule has 15 heteroatoms. The van der Waals surface area contributed by atoms with Crippen LogP contribution in [0, 0.1) is 0 Å². The average Bonchev–Trinajstić information content (AvgIpc) is 3.83. The molecule has 5 aromatic heterocycles. The van der Waals surface area contributed by atoms with Crippen molar-refractivity contribution in [2.24, 2.45) is 11.5 Å². The van der Waals surface area contributed by atoms with Crippen molar-refractivity contribution in [2.75, 3.05) is 36.5 Å². The van der Waals surface area contributed by atoms with Gasteiger partial charge in [0.25, 0.3) is 5.91 Å². The number of aromatic nitrogens is 6. The van der Waals surface area contributed by atoms with E-state index in [-0.39, 0.29) is 29.5 Å². The number of benzene rings is 1. The monoisotopic (exact) mass is 640 g/mol. The van der Waals surface area contributed by atoms with E-state index >= 15 is 0 Å². The van der Waals surface area contributed by atoms with E-state index in [1.54, 1.807) is 18.5 Å². The van der Waals surface area contributed by atoms with Crippen molar-refractivity contribution in [1.82, 2.24) is 29.8 Å². The number of fused-ring (bicyclic) bond motifs is 3. The van der Waals surface area contributed by atoms with E-state index in [4.69, 9.17) is 25.6 Å². The summed E-state index contributed by atoms with van der Waals surface area (Å²) in [4.78, 5) is 37.4. The summed E-state index contributed by atoms with van der Waals surface area (Å²) in [5, 5.41) is 16.9. The molecule has 8 rings (SSSR count). The number of nitrogens with two attached hydrogens (primary N) is 2. The molecule has 236 valence electrons. The van der Waals surface area contributed by atoms with Gasteiger partial charge in [0.1, 0.15) is 18.2 Å². The lowest BCUT2D eigenvalue weighted by atomic mass is 9.91. The second-order valence-electron chi connectivity index (χ2n) is 11.8. The van der Waals surface area contributed by atoms with Crippen LogP contribution in [0.15, 0.2) is 46.2 Å². The van der Waals surface area contributed by atoms with Crippen LogP contribution in [0.1, 0.15) is 47.3 Å². The summed E-state index contributed by atoms with van der Waals surface area (Å²) in [6.45, 7) is 2.67. The SMILES string of the molecule is NC(=O)c1c(Cc2cc(-c3coc4c(=O)cc(N5CCOCC5)sc34)cc3cn[nH]c23)nc(N[C@H]2CCCC[C@H]2N)n2ncnc12. The van der Waals surface area contributed by atoms with Gasteiger partial charge in [0.05, 0.1) is 40.3 Å². The first kappa shape index (κ1) is 28.6. The molecule has 0 radical (unpaired) electrons. The van der Waals surface area contributed by atoms with E-state index in [0.29, 0.717) is 36.1 Å². The van der Waals surface area contributed by atoms with Crippen LogP contribution >= 0.6 is 11.3 Å². The van der Waals surface area contributed by atoms with Gasteiger partial charge in [-0.3, -0.25) is 14.7 Å². The van der Waals surface area contributed by atoms with Crippen molar-refractivity contribution in [3.63, 3.8) is 0 Å². The van der Waals surface area contributed by atoms with Crippen molar-refractivity contribution >= 4 is 55.0 Å². The molecule has 2 fully saturated rings. The van der Waals surface area contributed by atoms with E-state index in [9.17, 15) is 9.59 Å². The number of aromatic amines is 1. The Morgan fingerprint density at radius 1 is 1.17 bits per heavy atom. The third kappa shape index (κ3) is 4.96. The second-order valence-corrected chi connectivity index (χ2v) is 12.8. The van der Waals surface area contributed by atoms with Gasteiger partial charge < -0.3 is 30.8 Å². The highest BCUT2D eigenvalue weighted by molar-refractivity contribution is 7.22. The van der Waals surface area contributed by atoms with Gasteiger partial charge in [-0.1, -0.05) is 12.8 Å². The first-order chi connectivity index (χ1) is 22.4. The van der Waals surface area contributed by atoms with Crippen LogP contribution in [0.25, 0.3) is 38.0 Å². The molecule has 1 aromatic carbocycles. The van der Waals surface area contributed by atoms with Crippen molar-refractivity contribution in [3.8, 4) is 11.1 Å². The summed E-state index contributed by atoms with van der Waals surface area (Å²) in [5.41, 5.74) is 16.7. The maximum Gasteiger partial charge on any atom is 0.254 e. The molecule has 2 atom stereocenters. The molecular formula is C31H32N10O4S. The van der Waals surface area contributed by atoms with Gasteiger partial charge in [0.15, 0.2) is 11.2 Å². The van der Waals surface area contributed by atoms with Gasteiger partial charge in [0, 0.05) is 48.6 Å². The lowest BCUT2D eigenvalue weighted by molar-refractivity contribution is 0.1000. The smallest absolute Gasteiger partial charge is 0.254 e. The van der Waals surface area contributed by atoms with Crippen LogP contribution in [0.5, 0.6) is 0 Å². The lowest BCUT2D eigenvalue weighted by Crippen LogP contribution is -2.43. The number of primary amides is 1. The van der Waals surface area contributed by atoms with Crippen molar-refractivity contribution < 1.29 is 13.9 Å². The van der Waals surface area contributed by atoms with Gasteiger partial charge in [0.2, 0.25) is 11.4 Å². The predicted octanol–water partition coefficient (Wildman–Crippen LogP) is 3.04. The van der Waals surface area contributed by atoms with Crippen LogP contribution < -0.4 is 27.1 Å². The molecule has 6 N–H and O–H groups in total. The summed E-state index contributed by atoms with van der Waals surface area (Å²) in [6, 6.07) is 5.63. The van der Waals surface area contributed by atoms with E-state index in [1.807, 2.05) is 12.1 Å². The summed E-state index contributed by atoms with van der Waals surface area (Å²) < 4.78 is 13.6. The zero-order valence-electron chi connectivity index (χ0n) is 24.9. The number of carbonyl (C=O) groups excluding carboxylic acids is 1. The third-order valence-corrected chi connectivity index (χ3v) is 10.1. The van der Waals surface area contributed by atoms with Gasteiger partial charge >= 0.3 is 0 Å². The van der Waals surface area contributed by atoms with Gasteiger partial charge in [-0.2, -0.15) is 14.7 Å². The number of nitrogens with one attached hydrogen (secondary N) is 2. The average molecular weight is 641 g/mol. The Kier molecular flexibility index (Phi) is 7.15. The predicted molar refractivity (Wildman–Crippen MR) is 174 cm³/mol. The van der Waals surface area contributed by atoms with Crippen molar-refractivity contribution in [1.29, 1.82) is 0 Å². The number of nitrogens with zero attached hydrogens (tertiary/aromatic N) is 6. The first-order valence-electron chi connectivity index (χ1n) is 15.3. The van der Waals surface area contributed by atoms with E-state index in [1.165, 1.54) is 22.2 Å². The molecule has 6 aromatic rings. The van der Waals surface area contributed by atoms with E-state index < -0.39 is 5.91 Å². The number of anilines is 2. The maximum atomic E-state index is 13.1. The highest BCUT2D eigenvalue weighted by Crippen LogP contribution is 2.38. The molecule has 1 aliphatic heterocycles. The van der Waals surface area contributed by atoms with Gasteiger partial charge in [-0.05, 0) is 36.1 Å². The van der Waals surface area contributed by atoms with Crippen LogP contribution in [0.3, 0.4) is 0 Å². The Morgan fingerprint density at radius 2 is 2.02 bits per heavy atom. The molecule has 6 heterocycles. The summed E-state index contributed by atoms with van der Waals surface area (Å²) >= 11 is 1.52. The fourth-order valence-electron chi connectivity index (χ4n) is 6.58. The first-order valence-corrected chi connectivity index (χ1v) is 16.1. The Morgan fingerprint density at radius 3 is 2.85 bits per heavy atom. The number of morpholine rings is 1. The Bertz CT molecular complexity index is 2160. The topological polar surface area (TPSA) is 196 Å². The molecule has 1 amide bonds. The molecule has 0 bridgehead atoms. The number of furan rings is 1. The number of hydrogen-bond donors (Lipinski definition) is 4. The number of carbonyl (C=O) groups is 1. The number of H-pyrrole nitrogens is 1. The molecule has 14 nitrogen and oxygen atoms in total. The third-order valence-electron chi connectivity index (χ3n) is 8.93. The minimum Gasteiger partial charge on any atom is -0.459 e. The fourth-order valence-corrected chi connectivity index (χ4v) is 7.78. The van der Waals surface area contributed by atoms with Crippen LogP contribution in [-0.2, 0) is 11.2 Å². The molecule has 0 spiro atoms. The van der Waals surface area contributed by atoms with Gasteiger partial charge in [-0.25, -0.2) is 9.97 Å². The standard InChI is InChI=1S/C31H32N10O4S/c32-20-3-1-2-4-21(20)37-31-38-22(25(29(33)43)30-34-15-36-41(30)31)11-17-9-16(10-18-13-35-39-26(17)18)19-14-45-27-23(42)12-24(46-28(19)27)40-5-7-44-8-6-40/h9-10,12-15,20-21H,1-8,11,32H2,(H2,33,43)(H,35,39)(H,37,38)/t20-,21+/m1/s1. The van der Waals surface area contributed by atoms with Crippen molar-refractivity contribution in [2.45, 2.75) is 44.2 Å². The highest BCUT2D eigenvalue weighted by Gasteiger charge is 2.27. The summed E-state index contributed by atoms with van der Waals surface area (Å²) in [6.07, 6.45) is 8.97. The highest BCUT2D eigenvalue weighted by atomic mass is 32.1. The largest absolute Gasteiger partial charge is 0.459 e. The van der Waals surface area contributed by atoms with Crippen molar-refractivity contribution in [3.05, 3.63) is 64.0 Å². The quantitative estimate of drug-likeness (QED) is 0.200. The van der Waals surface area contributed by atoms with Crippen LogP contribution in [0.4, 0.5) is 10.9 Å². The fraction of sp³-hybridized carbons (Fsp3) is 0.355. The molecule has 1 aliphatic carbocycles. The summed E-state index contributed by atoms with van der Waals surface area (Å²) in [5.74, 6) is -0.201. The lowest BCUT2D eigenvalue weighted by Gasteiger charge is -2.29. The number of rotatable bonds is 7. The van der Waals surface area contributed by atoms with E-state index in [0.717, 1.165) is 76.1 Å². The molecule has 1 saturated carbocycles.